The van der Waals surface area contributed by atoms with E-state index >= 15 is 0 Å². The minimum absolute atomic E-state index is 0. The molecule has 0 saturated heterocycles. The quantitative estimate of drug-likeness (QED) is 0.209. The van der Waals surface area contributed by atoms with Crippen LogP contribution in [0.5, 0.6) is 0 Å². The van der Waals surface area contributed by atoms with Gasteiger partial charge in [0.1, 0.15) is 9.52 Å². The van der Waals surface area contributed by atoms with Gasteiger partial charge in [-0.25, -0.2) is 0 Å². The zero-order valence-electron chi connectivity index (χ0n) is 23.0. The fraction of sp³-hybridized carbons (Fsp3) is 0.0857. The van der Waals surface area contributed by atoms with Gasteiger partial charge in [-0.05, 0) is 11.5 Å². The molecule has 204 valence electrons. The summed E-state index contributed by atoms with van der Waals surface area (Å²) in [4.78, 5) is 10.8. The molecule has 0 saturated carbocycles. The van der Waals surface area contributed by atoms with Crippen LogP contribution in [-0.4, -0.2) is 15.4 Å². The van der Waals surface area contributed by atoms with Crippen molar-refractivity contribution in [2.45, 2.75) is 19.8 Å². The molecule has 0 aliphatic rings. The molecule has 0 unspecified atom stereocenters. The zero-order valence-corrected chi connectivity index (χ0v) is 28.0. The van der Waals surface area contributed by atoms with Gasteiger partial charge < -0.3 is 35.3 Å². The van der Waals surface area contributed by atoms with Crippen LogP contribution in [0, 0.1) is 0 Å². The molecule has 6 aromatic rings. The fourth-order valence-corrected chi connectivity index (χ4v) is 5.37. The predicted octanol–water partition coefficient (Wildman–Crippen LogP) is 2.06. The molecular weight excluding hydrogens is 641 g/mol. The monoisotopic (exact) mass is 669 g/mol. The van der Waals surface area contributed by atoms with Crippen molar-refractivity contribution in [3.05, 3.63) is 156 Å². The van der Waals surface area contributed by atoms with E-state index in [1.54, 1.807) is 12.1 Å². The summed E-state index contributed by atoms with van der Waals surface area (Å²) in [7, 11) is 0.777. The molecule has 0 aromatic heterocycles. The summed E-state index contributed by atoms with van der Waals surface area (Å²) in [5.41, 5.74) is 8.49. The van der Waals surface area contributed by atoms with Crippen LogP contribution < -0.4 is 35.2 Å². The molecule has 2 radical (unpaired) electrons. The summed E-state index contributed by atoms with van der Waals surface area (Å²) in [6.07, 6.45) is 0. The number of nitrogens with one attached hydrogen (secondary N) is 1. The number of hydrogen-bond acceptors (Lipinski definition) is 1. The first-order chi connectivity index (χ1) is 18.5. The molecule has 0 atom stereocenters. The fourth-order valence-electron chi connectivity index (χ4n) is 4.32. The third-order valence-corrected chi connectivity index (χ3v) is 7.43. The summed E-state index contributed by atoms with van der Waals surface area (Å²) >= 11 is 0. The topological polar surface area (TPSA) is 40.9 Å². The molecule has 0 fully saturated rings. The van der Waals surface area contributed by atoms with E-state index in [1.165, 1.54) is 31.9 Å². The molecule has 0 bridgehead atoms. The van der Waals surface area contributed by atoms with Crippen molar-refractivity contribution in [2.24, 2.45) is 0 Å². The average Bonchev–Trinajstić information content (AvgIpc) is 3.34. The Labute approximate surface area is 277 Å². The molecule has 6 aromatic carbocycles. The Morgan fingerprint density at radius 1 is 0.610 bits per heavy atom. The Kier molecular flexibility index (Phi) is 16.3. The maximum absolute atomic E-state index is 10.8. The Morgan fingerprint density at radius 2 is 1.00 bits per heavy atom. The summed E-state index contributed by atoms with van der Waals surface area (Å²) < 4.78 is 0. The number of carbonyl (C=O) groups excluding carboxylic acids is 1. The van der Waals surface area contributed by atoms with Crippen molar-refractivity contribution in [1.82, 2.24) is 0 Å². The Balaban J connectivity index is 0.000000297. The van der Waals surface area contributed by atoms with Gasteiger partial charge in [0.05, 0.1) is 5.91 Å². The van der Waals surface area contributed by atoms with E-state index in [2.05, 4.69) is 115 Å². The van der Waals surface area contributed by atoms with Crippen LogP contribution in [0.15, 0.2) is 140 Å². The number of rotatable bonds is 4. The molecule has 0 aliphatic heterocycles. The zero-order chi connectivity index (χ0) is 26.7. The molecule has 41 heavy (non-hydrogen) atoms. The minimum Gasteiger partial charge on any atom is -1.00 e. The molecule has 0 spiro atoms. The van der Waals surface area contributed by atoms with Gasteiger partial charge in [0.15, 0.2) is 0 Å². The van der Waals surface area contributed by atoms with Crippen molar-refractivity contribution in [3.63, 3.8) is 0 Å². The van der Waals surface area contributed by atoms with Crippen molar-refractivity contribution < 1.29 is 55.8 Å². The number of halogens is 2. The van der Waals surface area contributed by atoms with Gasteiger partial charge >= 0.3 is 26.2 Å². The Morgan fingerprint density at radius 3 is 1.41 bits per heavy atom. The summed E-state index contributed by atoms with van der Waals surface area (Å²) in [6.45, 7) is 4.03. The molecule has 2 nitrogen and oxygen atoms in total. The summed E-state index contributed by atoms with van der Waals surface area (Å²) in [6, 6.07) is 47.7. The van der Waals surface area contributed by atoms with Crippen LogP contribution in [0.1, 0.15) is 35.7 Å². The number of amides is 1. The molecule has 6 heteroatoms. The standard InChI is InChI=1S/C13H9.C12H10Si.C10H13NO.2ClH.Zr/c1-3-7-12-10(5-1)9-11-6-2-4-8-13(11)12;1-3-7-11(8-4-1)13-12-9-5-2-6-10-12;1-7(2)8-5-3-4-6-9(8)10(11)12;;;/h1-9H;1-10H;3-7H,1-2H3,(H2,11,12);2*1H;/q-1;;;;;+4/p-3. The van der Waals surface area contributed by atoms with Gasteiger partial charge in [0.25, 0.3) is 0 Å². The van der Waals surface area contributed by atoms with E-state index < -0.39 is 5.91 Å². The van der Waals surface area contributed by atoms with Crippen LogP contribution >= 0.6 is 0 Å². The van der Waals surface area contributed by atoms with Crippen molar-refractivity contribution >= 4 is 47.3 Å². The third-order valence-electron chi connectivity index (χ3n) is 6.19. The maximum atomic E-state index is 10.8. The first kappa shape index (κ1) is 36.1. The normalized spacial score (nSPS) is 9.63. The van der Waals surface area contributed by atoms with Gasteiger partial charge in [0.2, 0.25) is 0 Å². The van der Waals surface area contributed by atoms with Gasteiger partial charge in [-0.3, -0.25) is 0 Å². The molecule has 6 rings (SSSR count). The van der Waals surface area contributed by atoms with Gasteiger partial charge in [-0.1, -0.05) is 146 Å². The second-order valence-electron chi connectivity index (χ2n) is 9.25. The summed E-state index contributed by atoms with van der Waals surface area (Å²) in [5, 5.41) is 8.19. The average molecular weight is 672 g/mol. The van der Waals surface area contributed by atoms with E-state index in [0.29, 0.717) is 11.5 Å². The number of fused-ring (bicyclic) bond motifs is 3. The van der Waals surface area contributed by atoms with Crippen LogP contribution in [0.2, 0.25) is 0 Å². The Bertz CT molecular complexity index is 1520. The smallest absolute Gasteiger partial charge is 1.00 e. The predicted molar refractivity (Wildman–Crippen MR) is 164 cm³/mol. The van der Waals surface area contributed by atoms with E-state index in [1.807, 2.05) is 26.0 Å². The molecule has 1 N–H and O–H groups in total. The number of benzene rings is 5. The maximum Gasteiger partial charge on any atom is 4.00 e. The molecule has 1 amide bonds. The first-order valence-corrected chi connectivity index (χ1v) is 13.8. The molecule has 0 aliphatic carbocycles. The van der Waals surface area contributed by atoms with Gasteiger partial charge in [-0.2, -0.15) is 0 Å². The third kappa shape index (κ3) is 10.5. The van der Waals surface area contributed by atoms with Crippen LogP contribution in [0.4, 0.5) is 0 Å². The SMILES string of the molecule is CC(C)c1ccccc1C([NH-])=O.[Cl-].[Cl-].[Zr+4].c1ccc([Si]c2ccccc2)cc1.c1ccc2c(c1)[cH-]c1ccccc12. The van der Waals surface area contributed by atoms with E-state index in [9.17, 15) is 4.79 Å². The van der Waals surface area contributed by atoms with Crippen LogP contribution in [-0.2, 0) is 26.2 Å². The second-order valence-corrected chi connectivity index (χ2v) is 10.7. The largest absolute Gasteiger partial charge is 4.00 e. The number of carbonyl (C=O) groups is 1. The van der Waals surface area contributed by atoms with Crippen molar-refractivity contribution in [3.8, 4) is 0 Å². The van der Waals surface area contributed by atoms with Crippen LogP contribution in [0.3, 0.4) is 0 Å². The minimum atomic E-state index is -0.598. The van der Waals surface area contributed by atoms with Gasteiger partial charge in [0, 0.05) is 5.56 Å². The Hall–Kier alpha value is -2.88. The van der Waals surface area contributed by atoms with Crippen molar-refractivity contribution in [2.75, 3.05) is 0 Å². The van der Waals surface area contributed by atoms with Crippen LogP contribution in [0.25, 0.3) is 27.3 Å². The van der Waals surface area contributed by atoms with E-state index in [0.717, 1.165) is 15.1 Å². The number of hydrogen-bond donors (Lipinski definition) is 0. The summed E-state index contributed by atoms with van der Waals surface area (Å²) in [5.74, 6) is -0.296. The molecule has 0 heterocycles. The van der Waals surface area contributed by atoms with Crippen molar-refractivity contribution in [1.29, 1.82) is 0 Å². The molecular formula is C35H31Cl2NOSiZr. The first-order valence-electron chi connectivity index (χ1n) is 12.8. The van der Waals surface area contributed by atoms with Gasteiger partial charge in [-0.15, -0.1) is 39.7 Å². The van der Waals surface area contributed by atoms with E-state index in [-0.39, 0.29) is 51.0 Å². The van der Waals surface area contributed by atoms with E-state index in [4.69, 9.17) is 5.73 Å². The second kappa shape index (κ2) is 18.5.